The molecule has 0 fully saturated rings. The summed E-state index contributed by atoms with van der Waals surface area (Å²) in [5, 5.41) is 0. The lowest BCUT2D eigenvalue weighted by Gasteiger charge is -2.15. The molecule has 0 aromatic rings. The Morgan fingerprint density at radius 2 is 0.938 bits per heavy atom. The van der Waals surface area contributed by atoms with Gasteiger partial charge >= 0.3 is 0 Å². The van der Waals surface area contributed by atoms with Gasteiger partial charge in [0, 0.05) is 27.7 Å². The number of hydrogen-bond donors (Lipinski definition) is 0. The van der Waals surface area contributed by atoms with E-state index in [0.717, 1.165) is 0 Å². The molecule has 0 aromatic heterocycles. The maximum atomic E-state index is 2.47. The van der Waals surface area contributed by atoms with Gasteiger partial charge in [0.15, 0.2) is 0 Å². The lowest BCUT2D eigenvalue weighted by Crippen LogP contribution is -2.19. The molecule has 0 saturated heterocycles. The molecule has 0 aliphatic heterocycles. The Hall–Kier alpha value is 1.13. The van der Waals surface area contributed by atoms with Gasteiger partial charge in [0.2, 0.25) is 0 Å². The molecule has 0 aliphatic rings. The van der Waals surface area contributed by atoms with Gasteiger partial charge in [0.05, 0.1) is 0 Å². The van der Waals surface area contributed by atoms with E-state index in [4.69, 9.17) is 0 Å². The topological polar surface area (TPSA) is 0 Å². The van der Waals surface area contributed by atoms with Crippen LogP contribution in [0.25, 0.3) is 0 Å². The summed E-state index contributed by atoms with van der Waals surface area (Å²) in [5.74, 6) is 2.73. The van der Waals surface area contributed by atoms with E-state index in [1.807, 2.05) is 0 Å². The Kier molecular flexibility index (Phi) is 8.86. The summed E-state index contributed by atoms with van der Waals surface area (Å²) in [6.07, 6.45) is 2.86. The zero-order valence-electron chi connectivity index (χ0n) is 12.1. The van der Waals surface area contributed by atoms with E-state index in [1.165, 1.54) is 36.4 Å². The monoisotopic (exact) mass is 294 g/mol. The van der Waals surface area contributed by atoms with Crippen molar-refractivity contribution >= 4 is 37.7 Å². The third-order valence-electron chi connectivity index (χ3n) is 2.39. The third kappa shape index (κ3) is 15.1. The van der Waals surface area contributed by atoms with Gasteiger partial charge in [-0.3, -0.25) is 0 Å². The van der Waals surface area contributed by atoms with E-state index >= 15 is 0 Å². The quantitative estimate of drug-likeness (QED) is 0.298. The van der Waals surface area contributed by atoms with Crippen molar-refractivity contribution in [3.8, 4) is 0 Å². The first kappa shape index (κ1) is 17.1. The molecule has 0 amide bonds. The first-order chi connectivity index (χ1) is 7.21. The molecule has 0 aliphatic carbocycles. The SMILES string of the molecule is C[Si](C)(C)CCCSSCCC[Si](C)(C)C. The number of rotatable bonds is 9. The molecule has 0 heterocycles. The molecular weight excluding hydrogens is 264 g/mol. The Morgan fingerprint density at radius 3 is 1.19 bits per heavy atom. The minimum atomic E-state index is -0.774. The van der Waals surface area contributed by atoms with Crippen molar-refractivity contribution in [2.45, 2.75) is 64.2 Å². The fourth-order valence-corrected chi connectivity index (χ4v) is 6.60. The van der Waals surface area contributed by atoms with Crippen molar-refractivity contribution in [3.05, 3.63) is 0 Å². The van der Waals surface area contributed by atoms with Crippen LogP contribution in [0.4, 0.5) is 0 Å². The molecule has 0 aromatic carbocycles. The van der Waals surface area contributed by atoms with Crippen LogP contribution < -0.4 is 0 Å². The van der Waals surface area contributed by atoms with Crippen LogP contribution in [0, 0.1) is 0 Å². The van der Waals surface area contributed by atoms with Crippen molar-refractivity contribution in [3.63, 3.8) is 0 Å². The smallest absolute Gasteiger partial charge is 0.0442 e. The predicted octanol–water partition coefficient (Wildman–Crippen LogP) is 5.82. The first-order valence-electron chi connectivity index (χ1n) is 6.45. The van der Waals surface area contributed by atoms with Crippen LogP contribution in [0.2, 0.25) is 51.4 Å². The fourth-order valence-electron chi connectivity index (χ4n) is 1.44. The molecule has 0 saturated carbocycles. The molecule has 0 nitrogen and oxygen atoms in total. The van der Waals surface area contributed by atoms with E-state index in [0.29, 0.717) is 0 Å². The summed E-state index contributed by atoms with van der Waals surface area (Å²) in [5.41, 5.74) is 0. The Bertz CT molecular complexity index is 151. The molecular formula is C12H30S2Si2. The van der Waals surface area contributed by atoms with Crippen LogP contribution in [-0.4, -0.2) is 27.7 Å². The minimum Gasteiger partial charge on any atom is -0.0942 e. The van der Waals surface area contributed by atoms with Gasteiger partial charge < -0.3 is 0 Å². The minimum absolute atomic E-state index is 0.774. The molecule has 0 bridgehead atoms. The van der Waals surface area contributed by atoms with Crippen LogP contribution in [0.15, 0.2) is 0 Å². The largest absolute Gasteiger partial charge is 0.0942 e. The summed E-state index contributed by atoms with van der Waals surface area (Å²) in [7, 11) is 2.65. The van der Waals surface area contributed by atoms with Gasteiger partial charge in [0.1, 0.15) is 0 Å². The van der Waals surface area contributed by atoms with Gasteiger partial charge in [-0.15, -0.1) is 0 Å². The van der Waals surface area contributed by atoms with E-state index in [-0.39, 0.29) is 0 Å². The molecule has 0 atom stereocenters. The molecule has 0 unspecified atom stereocenters. The van der Waals surface area contributed by atoms with E-state index in [2.05, 4.69) is 60.9 Å². The molecule has 0 rings (SSSR count). The van der Waals surface area contributed by atoms with E-state index in [1.54, 1.807) is 0 Å². The maximum Gasteiger partial charge on any atom is 0.0442 e. The maximum absolute atomic E-state index is 2.47. The second kappa shape index (κ2) is 8.27. The highest BCUT2D eigenvalue weighted by atomic mass is 33.1. The third-order valence-corrected chi connectivity index (χ3v) is 8.68. The molecule has 16 heavy (non-hydrogen) atoms. The van der Waals surface area contributed by atoms with Crippen LogP contribution in [0.3, 0.4) is 0 Å². The van der Waals surface area contributed by atoms with Gasteiger partial charge in [-0.2, -0.15) is 0 Å². The normalized spacial score (nSPS) is 13.1. The van der Waals surface area contributed by atoms with Crippen LogP contribution in [-0.2, 0) is 0 Å². The second-order valence-corrected chi connectivity index (χ2v) is 20.9. The highest BCUT2D eigenvalue weighted by molar-refractivity contribution is 8.76. The summed E-state index contributed by atoms with van der Waals surface area (Å²) in [4.78, 5) is 0. The Balaban J connectivity index is 3.17. The molecule has 0 spiro atoms. The zero-order valence-corrected chi connectivity index (χ0v) is 15.7. The Labute approximate surface area is 113 Å². The van der Waals surface area contributed by atoms with Crippen molar-refractivity contribution in [1.82, 2.24) is 0 Å². The van der Waals surface area contributed by atoms with Gasteiger partial charge in [-0.1, -0.05) is 73.0 Å². The van der Waals surface area contributed by atoms with Crippen LogP contribution >= 0.6 is 21.6 Å². The molecule has 98 valence electrons. The summed E-state index contributed by atoms with van der Waals surface area (Å²) in [6, 6.07) is 2.99. The van der Waals surface area contributed by atoms with E-state index < -0.39 is 16.1 Å². The van der Waals surface area contributed by atoms with Crippen molar-refractivity contribution in [1.29, 1.82) is 0 Å². The van der Waals surface area contributed by atoms with Crippen LogP contribution in [0.5, 0.6) is 0 Å². The molecule has 0 radical (unpaired) electrons. The Morgan fingerprint density at radius 1 is 0.625 bits per heavy atom. The summed E-state index contributed by atoms with van der Waals surface area (Å²) < 4.78 is 0. The standard InChI is InChI=1S/C12H30S2Si2/c1-15(2,3)11-7-9-13-14-10-8-12-16(4,5)6/h7-12H2,1-6H3. The number of hydrogen-bond acceptors (Lipinski definition) is 2. The summed E-state index contributed by atoms with van der Waals surface area (Å²) >= 11 is 0. The average Bonchev–Trinajstić information content (AvgIpc) is 2.06. The van der Waals surface area contributed by atoms with Gasteiger partial charge in [0.25, 0.3) is 0 Å². The van der Waals surface area contributed by atoms with Gasteiger partial charge in [-0.05, 0) is 12.8 Å². The lowest BCUT2D eigenvalue weighted by molar-refractivity contribution is 1.06. The summed E-state index contributed by atoms with van der Waals surface area (Å²) in [6.45, 7) is 14.8. The van der Waals surface area contributed by atoms with E-state index in [9.17, 15) is 0 Å². The first-order valence-corrected chi connectivity index (χ1v) is 16.4. The van der Waals surface area contributed by atoms with Gasteiger partial charge in [-0.25, -0.2) is 0 Å². The molecule has 0 N–H and O–H groups in total. The molecule has 4 heteroatoms. The van der Waals surface area contributed by atoms with Crippen molar-refractivity contribution < 1.29 is 0 Å². The highest BCUT2D eigenvalue weighted by Gasteiger charge is 2.12. The average molecular weight is 295 g/mol. The lowest BCUT2D eigenvalue weighted by atomic mass is 10.6. The highest BCUT2D eigenvalue weighted by Crippen LogP contribution is 2.26. The fraction of sp³-hybridized carbons (Fsp3) is 1.00. The van der Waals surface area contributed by atoms with Crippen LogP contribution in [0.1, 0.15) is 12.8 Å². The van der Waals surface area contributed by atoms with Crippen molar-refractivity contribution in [2.75, 3.05) is 11.5 Å². The second-order valence-electron chi connectivity index (χ2n) is 6.97. The van der Waals surface area contributed by atoms with Crippen molar-refractivity contribution in [2.24, 2.45) is 0 Å². The predicted molar refractivity (Wildman–Crippen MR) is 90.5 cm³/mol. The zero-order chi connectivity index (χ0) is 12.7.